The Balaban J connectivity index is 2.05. The number of ether oxygens (including phenoxy) is 2. The van der Waals surface area contributed by atoms with Crippen molar-refractivity contribution in [2.24, 2.45) is 0 Å². The number of esters is 2. The molecule has 0 saturated carbocycles. The fraction of sp³-hybridized carbons (Fsp3) is 0.238. The van der Waals surface area contributed by atoms with Gasteiger partial charge in [0.2, 0.25) is 5.25 Å². The molecule has 0 atom stereocenters. The van der Waals surface area contributed by atoms with Gasteiger partial charge in [-0.1, -0.05) is 60.3 Å². The van der Waals surface area contributed by atoms with Crippen LogP contribution in [0, 0.1) is 0 Å². The lowest BCUT2D eigenvalue weighted by atomic mass is 10.2. The minimum absolute atomic E-state index is 0.163. The van der Waals surface area contributed by atoms with Crippen molar-refractivity contribution in [2.75, 3.05) is 13.2 Å². The van der Waals surface area contributed by atoms with E-state index in [4.69, 9.17) is 9.47 Å². The maximum atomic E-state index is 12.4. The predicted molar refractivity (Wildman–Crippen MR) is 110 cm³/mol. The first-order valence-corrected chi connectivity index (χ1v) is 10.1. The van der Waals surface area contributed by atoms with Crippen LogP contribution >= 0.6 is 11.8 Å². The molecule has 1 aromatic heterocycles. The Morgan fingerprint density at radius 2 is 1.45 bits per heavy atom. The molecule has 0 N–H and O–H groups in total. The van der Waals surface area contributed by atoms with E-state index in [1.165, 1.54) is 0 Å². The summed E-state index contributed by atoms with van der Waals surface area (Å²) in [5.74, 6) is -0.731. The van der Waals surface area contributed by atoms with Crippen LogP contribution in [0.4, 0.5) is 0 Å². The van der Waals surface area contributed by atoms with Gasteiger partial charge in [-0.15, -0.1) is 10.2 Å². The average Bonchev–Trinajstić information content (AvgIpc) is 3.17. The van der Waals surface area contributed by atoms with Crippen LogP contribution in [0.5, 0.6) is 0 Å². The molecule has 150 valence electrons. The van der Waals surface area contributed by atoms with E-state index in [0.29, 0.717) is 11.0 Å². The van der Waals surface area contributed by atoms with Gasteiger partial charge in [-0.25, -0.2) is 0 Å². The summed E-state index contributed by atoms with van der Waals surface area (Å²) in [5, 5.41) is 7.77. The van der Waals surface area contributed by atoms with Gasteiger partial charge in [0.25, 0.3) is 0 Å². The first-order chi connectivity index (χ1) is 14.2. The standard InChI is InChI=1S/C21H21N3O4S/c1-3-27-19(25)17(20(26)28-4-2)29-21-23-22-18(15-11-7-5-8-12-15)24(21)16-13-9-6-10-14-16/h5-14,17H,3-4H2,1-2H3. The molecule has 3 aromatic rings. The van der Waals surface area contributed by atoms with Gasteiger partial charge in [0.1, 0.15) is 0 Å². The number of aromatic nitrogens is 3. The van der Waals surface area contributed by atoms with Crippen LogP contribution in [0.2, 0.25) is 0 Å². The monoisotopic (exact) mass is 411 g/mol. The smallest absolute Gasteiger partial charge is 0.331 e. The number of hydrogen-bond donors (Lipinski definition) is 0. The lowest BCUT2D eigenvalue weighted by Gasteiger charge is -2.15. The quantitative estimate of drug-likeness (QED) is 0.319. The maximum Gasteiger partial charge on any atom is 0.331 e. The normalized spacial score (nSPS) is 10.7. The molecule has 0 amide bonds. The second kappa shape index (κ2) is 9.88. The Hall–Kier alpha value is -3.13. The van der Waals surface area contributed by atoms with Crippen molar-refractivity contribution in [1.82, 2.24) is 14.8 Å². The summed E-state index contributed by atoms with van der Waals surface area (Å²) in [7, 11) is 0. The second-order valence-electron chi connectivity index (χ2n) is 5.85. The van der Waals surface area contributed by atoms with Gasteiger partial charge in [0.05, 0.1) is 13.2 Å². The lowest BCUT2D eigenvalue weighted by Crippen LogP contribution is -2.31. The van der Waals surface area contributed by atoms with Crippen molar-refractivity contribution in [3.8, 4) is 17.1 Å². The summed E-state index contributed by atoms with van der Waals surface area (Å²) in [6.45, 7) is 3.70. The van der Waals surface area contributed by atoms with Gasteiger partial charge in [0.15, 0.2) is 11.0 Å². The highest BCUT2D eigenvalue weighted by atomic mass is 32.2. The van der Waals surface area contributed by atoms with Gasteiger partial charge in [-0.3, -0.25) is 14.2 Å². The third kappa shape index (κ3) is 4.83. The number of carbonyl (C=O) groups excluding carboxylic acids is 2. The maximum absolute atomic E-state index is 12.4. The highest BCUT2D eigenvalue weighted by molar-refractivity contribution is 8.01. The van der Waals surface area contributed by atoms with Gasteiger partial charge >= 0.3 is 11.9 Å². The van der Waals surface area contributed by atoms with E-state index in [1.807, 2.05) is 65.2 Å². The molecule has 0 saturated heterocycles. The van der Waals surface area contributed by atoms with Crippen molar-refractivity contribution in [3.05, 3.63) is 60.7 Å². The number of hydrogen-bond acceptors (Lipinski definition) is 7. The SMILES string of the molecule is CCOC(=O)C(Sc1nnc(-c2ccccc2)n1-c1ccccc1)C(=O)OCC. The van der Waals surface area contributed by atoms with E-state index in [9.17, 15) is 9.59 Å². The minimum Gasteiger partial charge on any atom is -0.465 e. The molecule has 2 aromatic carbocycles. The zero-order chi connectivity index (χ0) is 20.6. The molecule has 0 aliphatic heterocycles. The van der Waals surface area contributed by atoms with E-state index in [-0.39, 0.29) is 13.2 Å². The molecule has 7 nitrogen and oxygen atoms in total. The van der Waals surface area contributed by atoms with Gasteiger partial charge in [-0.2, -0.15) is 0 Å². The van der Waals surface area contributed by atoms with E-state index >= 15 is 0 Å². The molecule has 29 heavy (non-hydrogen) atoms. The number of rotatable bonds is 8. The third-order valence-electron chi connectivity index (χ3n) is 3.90. The first kappa shape index (κ1) is 20.6. The molecule has 0 aliphatic carbocycles. The Morgan fingerprint density at radius 1 is 0.897 bits per heavy atom. The van der Waals surface area contributed by atoms with Crippen molar-refractivity contribution in [2.45, 2.75) is 24.3 Å². The van der Waals surface area contributed by atoms with Crippen LogP contribution in [-0.2, 0) is 19.1 Å². The van der Waals surface area contributed by atoms with Crippen molar-refractivity contribution >= 4 is 23.7 Å². The summed E-state index contributed by atoms with van der Waals surface area (Å²) in [6.07, 6.45) is 0. The fourth-order valence-electron chi connectivity index (χ4n) is 2.66. The number of carbonyl (C=O) groups is 2. The van der Waals surface area contributed by atoms with Crippen LogP contribution < -0.4 is 0 Å². The number of thioether (sulfide) groups is 1. The topological polar surface area (TPSA) is 83.3 Å². The number of benzene rings is 2. The third-order valence-corrected chi connectivity index (χ3v) is 5.00. The molecule has 0 bridgehead atoms. The molecule has 8 heteroatoms. The van der Waals surface area contributed by atoms with Gasteiger partial charge in [0, 0.05) is 11.3 Å². The van der Waals surface area contributed by atoms with Gasteiger partial charge < -0.3 is 9.47 Å². The van der Waals surface area contributed by atoms with E-state index in [0.717, 1.165) is 23.0 Å². The average molecular weight is 411 g/mol. The Kier molecular flexibility index (Phi) is 7.02. The van der Waals surface area contributed by atoms with Crippen LogP contribution in [0.3, 0.4) is 0 Å². The second-order valence-corrected chi connectivity index (χ2v) is 6.92. The highest BCUT2D eigenvalue weighted by Crippen LogP contribution is 2.31. The molecule has 3 rings (SSSR count). The first-order valence-electron chi connectivity index (χ1n) is 9.21. The molecule has 0 radical (unpaired) electrons. The van der Waals surface area contributed by atoms with E-state index < -0.39 is 17.2 Å². The summed E-state index contributed by atoms with van der Waals surface area (Å²) in [6, 6.07) is 19.1. The highest BCUT2D eigenvalue weighted by Gasteiger charge is 2.33. The molecule has 0 unspecified atom stereocenters. The Labute approximate surface area is 173 Å². The van der Waals surface area contributed by atoms with Crippen LogP contribution in [0.25, 0.3) is 17.1 Å². The largest absolute Gasteiger partial charge is 0.465 e. The molecular weight excluding hydrogens is 390 g/mol. The summed E-state index contributed by atoms with van der Waals surface area (Å²) >= 11 is 0.962. The summed E-state index contributed by atoms with van der Waals surface area (Å²) in [4.78, 5) is 24.8. The molecular formula is C21H21N3O4S. The van der Waals surface area contributed by atoms with Crippen molar-refractivity contribution in [1.29, 1.82) is 0 Å². The van der Waals surface area contributed by atoms with Crippen LogP contribution in [0.15, 0.2) is 65.8 Å². The zero-order valence-electron chi connectivity index (χ0n) is 16.1. The van der Waals surface area contributed by atoms with Crippen LogP contribution in [-0.4, -0.2) is 45.2 Å². The van der Waals surface area contributed by atoms with Crippen molar-refractivity contribution < 1.29 is 19.1 Å². The Bertz CT molecular complexity index is 943. The summed E-state index contributed by atoms with van der Waals surface area (Å²) in [5.41, 5.74) is 1.67. The molecule has 0 spiro atoms. The van der Waals surface area contributed by atoms with Crippen molar-refractivity contribution in [3.63, 3.8) is 0 Å². The Morgan fingerprint density at radius 3 is 2.00 bits per heavy atom. The fourth-order valence-corrected chi connectivity index (χ4v) is 3.59. The van der Waals surface area contributed by atoms with Crippen LogP contribution in [0.1, 0.15) is 13.8 Å². The zero-order valence-corrected chi connectivity index (χ0v) is 17.0. The molecule has 0 aliphatic rings. The van der Waals surface area contributed by atoms with Gasteiger partial charge in [-0.05, 0) is 26.0 Å². The van der Waals surface area contributed by atoms with E-state index in [2.05, 4.69) is 10.2 Å². The predicted octanol–water partition coefficient (Wildman–Crippen LogP) is 3.52. The number of para-hydroxylation sites is 1. The summed E-state index contributed by atoms with van der Waals surface area (Å²) < 4.78 is 11.9. The lowest BCUT2D eigenvalue weighted by molar-refractivity contribution is -0.152. The molecule has 1 heterocycles. The number of nitrogens with zero attached hydrogens (tertiary/aromatic N) is 3. The molecule has 0 fully saturated rings. The minimum atomic E-state index is -1.19. The van der Waals surface area contributed by atoms with E-state index in [1.54, 1.807) is 13.8 Å².